The van der Waals surface area contributed by atoms with Crippen molar-refractivity contribution in [2.75, 3.05) is 32.9 Å². The van der Waals surface area contributed by atoms with Crippen molar-refractivity contribution in [3.05, 3.63) is 35.6 Å². The minimum Gasteiger partial charge on any atom is -0.381 e. The van der Waals surface area contributed by atoms with Gasteiger partial charge in [0.1, 0.15) is 11.4 Å². The smallest absolute Gasteiger partial charge is 0.233 e. The standard InChI is InChI=1S/C18H24FNO3/c1-3-23-17(2)12-20(13-17)16(21)18(7-9-22-10-8-18)14-5-4-6-15(19)11-14/h4-6,11H,3,7-10,12-13H2,1-2H3. The van der Waals surface area contributed by atoms with Gasteiger partial charge in [-0.15, -0.1) is 0 Å². The molecular formula is C18H24FNO3. The predicted octanol–water partition coefficient (Wildman–Crippen LogP) is 2.51. The van der Waals surface area contributed by atoms with E-state index >= 15 is 0 Å². The summed E-state index contributed by atoms with van der Waals surface area (Å²) < 4.78 is 24.9. The highest BCUT2D eigenvalue weighted by Gasteiger charge is 2.50. The van der Waals surface area contributed by atoms with E-state index in [9.17, 15) is 9.18 Å². The van der Waals surface area contributed by atoms with Crippen LogP contribution in [0.15, 0.2) is 24.3 Å². The summed E-state index contributed by atoms with van der Waals surface area (Å²) in [7, 11) is 0. The number of amides is 1. The quantitative estimate of drug-likeness (QED) is 0.855. The van der Waals surface area contributed by atoms with Gasteiger partial charge in [-0.25, -0.2) is 4.39 Å². The van der Waals surface area contributed by atoms with Gasteiger partial charge in [-0.1, -0.05) is 12.1 Å². The number of halogens is 1. The molecule has 0 bridgehead atoms. The summed E-state index contributed by atoms with van der Waals surface area (Å²) in [5.74, 6) is -0.229. The van der Waals surface area contributed by atoms with Crippen molar-refractivity contribution >= 4 is 5.91 Å². The Morgan fingerprint density at radius 2 is 2.04 bits per heavy atom. The highest BCUT2D eigenvalue weighted by Crippen LogP contribution is 2.39. The minimum atomic E-state index is -0.673. The third kappa shape index (κ3) is 3.00. The van der Waals surface area contributed by atoms with Crippen molar-refractivity contribution in [3.8, 4) is 0 Å². The van der Waals surface area contributed by atoms with E-state index < -0.39 is 5.41 Å². The van der Waals surface area contributed by atoms with E-state index in [4.69, 9.17) is 9.47 Å². The minimum absolute atomic E-state index is 0.0728. The second kappa shape index (κ2) is 6.21. The van der Waals surface area contributed by atoms with Crippen molar-refractivity contribution in [2.24, 2.45) is 0 Å². The Morgan fingerprint density at radius 3 is 2.65 bits per heavy atom. The largest absolute Gasteiger partial charge is 0.381 e. The molecule has 2 aliphatic rings. The number of rotatable bonds is 4. The van der Waals surface area contributed by atoms with Gasteiger partial charge in [0.05, 0.1) is 18.5 Å². The molecule has 0 N–H and O–H groups in total. The van der Waals surface area contributed by atoms with Crippen LogP contribution < -0.4 is 0 Å². The third-order valence-corrected chi connectivity index (χ3v) is 4.96. The lowest BCUT2D eigenvalue weighted by Crippen LogP contribution is -2.66. The molecule has 1 aromatic carbocycles. The first-order valence-electron chi connectivity index (χ1n) is 8.26. The Hall–Kier alpha value is -1.46. The lowest BCUT2D eigenvalue weighted by atomic mass is 9.72. The molecule has 2 saturated heterocycles. The number of carbonyl (C=O) groups is 1. The van der Waals surface area contributed by atoms with Gasteiger partial charge >= 0.3 is 0 Å². The Kier molecular flexibility index (Phi) is 4.43. The summed E-state index contributed by atoms with van der Waals surface area (Å²) in [4.78, 5) is 15.0. The molecule has 2 aliphatic heterocycles. The van der Waals surface area contributed by atoms with E-state index in [0.717, 1.165) is 5.56 Å². The number of likely N-dealkylation sites (tertiary alicyclic amines) is 1. The fourth-order valence-electron chi connectivity index (χ4n) is 3.78. The van der Waals surface area contributed by atoms with Crippen LogP contribution in [-0.4, -0.2) is 49.3 Å². The maximum atomic E-state index is 13.7. The summed E-state index contributed by atoms with van der Waals surface area (Å²) in [6.45, 7) is 6.87. The Bertz CT molecular complexity index is 577. The second-order valence-corrected chi connectivity index (χ2v) is 6.75. The molecule has 2 fully saturated rings. The molecule has 4 nitrogen and oxygen atoms in total. The zero-order chi connectivity index (χ0) is 16.5. The second-order valence-electron chi connectivity index (χ2n) is 6.75. The zero-order valence-electron chi connectivity index (χ0n) is 13.8. The fourth-order valence-corrected chi connectivity index (χ4v) is 3.78. The number of hydrogen-bond donors (Lipinski definition) is 0. The lowest BCUT2D eigenvalue weighted by molar-refractivity contribution is -0.171. The highest BCUT2D eigenvalue weighted by atomic mass is 19.1. The van der Waals surface area contributed by atoms with Crippen molar-refractivity contribution in [2.45, 2.75) is 37.7 Å². The van der Waals surface area contributed by atoms with Crippen LogP contribution in [-0.2, 0) is 19.7 Å². The molecule has 126 valence electrons. The van der Waals surface area contributed by atoms with Crippen molar-refractivity contribution in [1.82, 2.24) is 4.90 Å². The van der Waals surface area contributed by atoms with Gasteiger partial charge in [-0.2, -0.15) is 0 Å². The molecule has 0 spiro atoms. The maximum Gasteiger partial charge on any atom is 0.233 e. The number of hydrogen-bond acceptors (Lipinski definition) is 3. The van der Waals surface area contributed by atoms with E-state index in [2.05, 4.69) is 0 Å². The molecule has 1 amide bonds. The molecule has 0 radical (unpaired) electrons. The molecular weight excluding hydrogens is 297 g/mol. The summed E-state index contributed by atoms with van der Waals surface area (Å²) in [5, 5.41) is 0. The molecule has 0 saturated carbocycles. The van der Waals surface area contributed by atoms with E-state index in [0.29, 0.717) is 45.8 Å². The summed E-state index contributed by atoms with van der Waals surface area (Å²) >= 11 is 0. The number of nitrogens with zero attached hydrogens (tertiary/aromatic N) is 1. The topological polar surface area (TPSA) is 38.8 Å². The van der Waals surface area contributed by atoms with E-state index in [-0.39, 0.29) is 17.3 Å². The van der Waals surface area contributed by atoms with Crippen LogP contribution in [0.3, 0.4) is 0 Å². The molecule has 1 aromatic rings. The highest BCUT2D eigenvalue weighted by molar-refractivity contribution is 5.89. The van der Waals surface area contributed by atoms with Crippen molar-refractivity contribution in [3.63, 3.8) is 0 Å². The molecule has 2 heterocycles. The third-order valence-electron chi connectivity index (χ3n) is 4.96. The molecule has 5 heteroatoms. The molecule has 3 rings (SSSR count). The summed E-state index contributed by atoms with van der Waals surface area (Å²) in [5.41, 5.74) is -0.164. The first kappa shape index (κ1) is 16.4. The van der Waals surface area contributed by atoms with Gasteiger partial charge in [0.2, 0.25) is 5.91 Å². The molecule has 0 aromatic heterocycles. The Labute approximate surface area is 136 Å². The van der Waals surface area contributed by atoms with Gasteiger partial charge in [0.25, 0.3) is 0 Å². The van der Waals surface area contributed by atoms with Gasteiger partial charge in [0, 0.05) is 19.8 Å². The number of benzene rings is 1. The van der Waals surface area contributed by atoms with Crippen LogP contribution >= 0.6 is 0 Å². The number of carbonyl (C=O) groups excluding carboxylic acids is 1. The van der Waals surface area contributed by atoms with E-state index in [1.807, 2.05) is 24.8 Å². The number of ether oxygens (including phenoxy) is 2. The summed E-state index contributed by atoms with van der Waals surface area (Å²) in [6.07, 6.45) is 1.19. The van der Waals surface area contributed by atoms with Crippen molar-refractivity contribution < 1.29 is 18.7 Å². The van der Waals surface area contributed by atoms with Crippen molar-refractivity contribution in [1.29, 1.82) is 0 Å². The molecule has 23 heavy (non-hydrogen) atoms. The first-order chi connectivity index (χ1) is 11.0. The van der Waals surface area contributed by atoms with Crippen LogP contribution in [0.1, 0.15) is 32.3 Å². The maximum absolute atomic E-state index is 13.7. The van der Waals surface area contributed by atoms with Crippen LogP contribution in [0.2, 0.25) is 0 Å². The Balaban J connectivity index is 1.84. The normalized spacial score (nSPS) is 22.5. The van der Waals surface area contributed by atoms with Gasteiger partial charge in [-0.05, 0) is 44.4 Å². The molecule has 0 unspecified atom stereocenters. The van der Waals surface area contributed by atoms with Gasteiger partial charge in [0.15, 0.2) is 0 Å². The average molecular weight is 321 g/mol. The van der Waals surface area contributed by atoms with Gasteiger partial charge in [-0.3, -0.25) is 4.79 Å². The van der Waals surface area contributed by atoms with E-state index in [1.54, 1.807) is 6.07 Å². The monoisotopic (exact) mass is 321 g/mol. The van der Waals surface area contributed by atoms with E-state index in [1.165, 1.54) is 12.1 Å². The van der Waals surface area contributed by atoms with Crippen LogP contribution in [0.5, 0.6) is 0 Å². The SMILES string of the molecule is CCOC1(C)CN(C(=O)C2(c3cccc(F)c3)CCOCC2)C1. The first-order valence-corrected chi connectivity index (χ1v) is 8.26. The fraction of sp³-hybridized carbons (Fsp3) is 0.611. The van der Waals surface area contributed by atoms with Crippen LogP contribution in [0, 0.1) is 5.82 Å². The van der Waals surface area contributed by atoms with Crippen LogP contribution in [0.4, 0.5) is 4.39 Å². The molecule has 0 atom stereocenters. The Morgan fingerprint density at radius 1 is 1.35 bits per heavy atom. The van der Waals surface area contributed by atoms with Gasteiger partial charge < -0.3 is 14.4 Å². The predicted molar refractivity (Wildman–Crippen MR) is 84.7 cm³/mol. The average Bonchev–Trinajstić information content (AvgIpc) is 2.52. The zero-order valence-corrected chi connectivity index (χ0v) is 13.8. The molecule has 0 aliphatic carbocycles. The lowest BCUT2D eigenvalue weighted by Gasteiger charge is -2.51. The van der Waals surface area contributed by atoms with Crippen LogP contribution in [0.25, 0.3) is 0 Å². The summed E-state index contributed by atoms with van der Waals surface area (Å²) in [6, 6.07) is 6.44.